The Morgan fingerprint density at radius 1 is 1.43 bits per heavy atom. The molecule has 0 atom stereocenters. The summed E-state index contributed by atoms with van der Waals surface area (Å²) in [4.78, 5) is 4.39. The van der Waals surface area contributed by atoms with Crippen molar-refractivity contribution in [1.29, 1.82) is 0 Å². The van der Waals surface area contributed by atoms with Crippen molar-refractivity contribution in [2.75, 3.05) is 32.1 Å². The number of nitrogens with zero attached hydrogens (tertiary/aromatic N) is 2. The van der Waals surface area contributed by atoms with Gasteiger partial charge in [0.2, 0.25) is 10.0 Å². The zero-order valence-electron chi connectivity index (χ0n) is 13.2. The van der Waals surface area contributed by atoms with E-state index in [0.717, 1.165) is 13.0 Å². The Labute approximate surface area is 127 Å². The van der Waals surface area contributed by atoms with Gasteiger partial charge in [-0.3, -0.25) is 0 Å². The first kappa shape index (κ1) is 17.9. The average Bonchev–Trinajstić information content (AvgIpc) is 2.45. The van der Waals surface area contributed by atoms with Crippen LogP contribution < -0.4 is 5.32 Å². The number of rotatable bonds is 9. The van der Waals surface area contributed by atoms with E-state index in [4.69, 9.17) is 4.74 Å². The number of ether oxygens (including phenoxy) is 1. The van der Waals surface area contributed by atoms with Crippen molar-refractivity contribution in [2.45, 2.75) is 38.1 Å². The minimum Gasteiger partial charge on any atom is -0.383 e. The van der Waals surface area contributed by atoms with Crippen LogP contribution >= 0.6 is 0 Å². The number of hydrogen-bond donors (Lipinski definition) is 1. The van der Waals surface area contributed by atoms with Crippen molar-refractivity contribution in [3.63, 3.8) is 0 Å². The summed E-state index contributed by atoms with van der Waals surface area (Å²) in [6.07, 6.45) is 2.46. The Hall–Kier alpha value is -1.18. The molecular formula is C14H25N3O3S. The van der Waals surface area contributed by atoms with E-state index in [1.807, 2.05) is 20.8 Å². The number of aromatic nitrogens is 1. The molecule has 0 radical (unpaired) electrons. The molecule has 0 saturated carbocycles. The van der Waals surface area contributed by atoms with Crippen LogP contribution in [0.5, 0.6) is 0 Å². The van der Waals surface area contributed by atoms with Gasteiger partial charge in [0.15, 0.2) is 0 Å². The van der Waals surface area contributed by atoms with Crippen LogP contribution in [-0.2, 0) is 14.8 Å². The molecule has 1 N–H and O–H groups in total. The Morgan fingerprint density at radius 3 is 2.71 bits per heavy atom. The lowest BCUT2D eigenvalue weighted by molar-refractivity contribution is 0.171. The van der Waals surface area contributed by atoms with Crippen LogP contribution in [-0.4, -0.2) is 50.6 Å². The lowest BCUT2D eigenvalue weighted by Crippen LogP contribution is -2.39. The van der Waals surface area contributed by atoms with Crippen LogP contribution in [0.25, 0.3) is 0 Å². The quantitative estimate of drug-likeness (QED) is 0.754. The van der Waals surface area contributed by atoms with E-state index in [1.54, 1.807) is 13.2 Å². The summed E-state index contributed by atoms with van der Waals surface area (Å²) in [5.74, 6) is 0.577. The molecule has 1 aromatic heterocycles. The first-order chi connectivity index (χ1) is 9.93. The SMILES string of the molecule is CCCNc1cc(S(=O)(=O)N(CCOC)C(C)C)ccn1. The van der Waals surface area contributed by atoms with Crippen molar-refractivity contribution in [3.8, 4) is 0 Å². The van der Waals surface area contributed by atoms with E-state index in [1.165, 1.54) is 16.6 Å². The molecule has 1 rings (SSSR count). The molecule has 0 fully saturated rings. The second kappa shape index (κ2) is 8.31. The molecule has 1 heterocycles. The number of methoxy groups -OCH3 is 1. The maximum Gasteiger partial charge on any atom is 0.243 e. The van der Waals surface area contributed by atoms with Gasteiger partial charge in [0.25, 0.3) is 0 Å². The second-order valence-corrected chi connectivity index (χ2v) is 6.90. The maximum atomic E-state index is 12.7. The van der Waals surface area contributed by atoms with Gasteiger partial charge < -0.3 is 10.1 Å². The van der Waals surface area contributed by atoms with Crippen LogP contribution in [0.2, 0.25) is 0 Å². The topological polar surface area (TPSA) is 71.5 Å². The molecule has 0 unspecified atom stereocenters. The second-order valence-electron chi connectivity index (χ2n) is 5.01. The molecule has 120 valence electrons. The number of anilines is 1. The van der Waals surface area contributed by atoms with Gasteiger partial charge in [0.05, 0.1) is 11.5 Å². The summed E-state index contributed by atoms with van der Waals surface area (Å²) in [5.41, 5.74) is 0. The first-order valence-electron chi connectivity index (χ1n) is 7.14. The summed E-state index contributed by atoms with van der Waals surface area (Å²) < 4.78 is 31.9. The van der Waals surface area contributed by atoms with E-state index < -0.39 is 10.0 Å². The molecular weight excluding hydrogens is 290 g/mol. The standard InChI is InChI=1S/C14H25N3O3S/c1-5-7-15-14-11-13(6-8-16-14)21(18,19)17(12(2)3)9-10-20-4/h6,8,11-12H,5,7,9-10H2,1-4H3,(H,15,16). The third-order valence-electron chi connectivity index (χ3n) is 2.99. The summed E-state index contributed by atoms with van der Waals surface area (Å²) in [7, 11) is -1.99. The predicted molar refractivity (Wildman–Crippen MR) is 83.9 cm³/mol. The minimum atomic E-state index is -3.55. The molecule has 0 amide bonds. The van der Waals surface area contributed by atoms with Crippen molar-refractivity contribution >= 4 is 15.8 Å². The highest BCUT2D eigenvalue weighted by atomic mass is 32.2. The summed E-state index contributed by atoms with van der Waals surface area (Å²) in [6.45, 7) is 7.20. The zero-order valence-corrected chi connectivity index (χ0v) is 14.0. The third kappa shape index (κ3) is 4.94. The Balaban J connectivity index is 3.04. The van der Waals surface area contributed by atoms with Crippen LogP contribution in [0.3, 0.4) is 0 Å². The Morgan fingerprint density at radius 2 is 2.14 bits per heavy atom. The first-order valence-corrected chi connectivity index (χ1v) is 8.58. The monoisotopic (exact) mass is 315 g/mol. The van der Waals surface area contributed by atoms with Crippen LogP contribution in [0.1, 0.15) is 27.2 Å². The van der Waals surface area contributed by atoms with Crippen molar-refractivity contribution in [2.24, 2.45) is 0 Å². The van der Waals surface area contributed by atoms with Crippen LogP contribution in [0, 0.1) is 0 Å². The smallest absolute Gasteiger partial charge is 0.243 e. The molecule has 7 heteroatoms. The molecule has 0 aliphatic carbocycles. The number of pyridine rings is 1. The predicted octanol–water partition coefficient (Wildman–Crippen LogP) is 1.95. The zero-order chi connectivity index (χ0) is 15.9. The minimum absolute atomic E-state index is 0.134. The number of sulfonamides is 1. The van der Waals surface area contributed by atoms with Gasteiger partial charge in [0, 0.05) is 38.5 Å². The fourth-order valence-corrected chi connectivity index (χ4v) is 3.53. The maximum absolute atomic E-state index is 12.7. The highest BCUT2D eigenvalue weighted by Crippen LogP contribution is 2.20. The third-order valence-corrected chi connectivity index (χ3v) is 5.06. The molecule has 0 aromatic carbocycles. The summed E-state index contributed by atoms with van der Waals surface area (Å²) in [5, 5.41) is 3.10. The van der Waals surface area contributed by atoms with Gasteiger partial charge in [-0.2, -0.15) is 4.31 Å². The lowest BCUT2D eigenvalue weighted by Gasteiger charge is -2.25. The summed E-state index contributed by atoms with van der Waals surface area (Å²) >= 11 is 0. The highest BCUT2D eigenvalue weighted by molar-refractivity contribution is 7.89. The largest absolute Gasteiger partial charge is 0.383 e. The normalized spacial score (nSPS) is 12.1. The van der Waals surface area contributed by atoms with Gasteiger partial charge in [-0.05, 0) is 26.3 Å². The molecule has 0 aliphatic rings. The lowest BCUT2D eigenvalue weighted by atomic mass is 10.4. The fraction of sp³-hybridized carbons (Fsp3) is 0.643. The molecule has 0 spiro atoms. The van der Waals surface area contributed by atoms with E-state index >= 15 is 0 Å². The van der Waals surface area contributed by atoms with E-state index in [-0.39, 0.29) is 10.9 Å². The van der Waals surface area contributed by atoms with Gasteiger partial charge in [-0.1, -0.05) is 6.92 Å². The van der Waals surface area contributed by atoms with Gasteiger partial charge in [0.1, 0.15) is 5.82 Å². The van der Waals surface area contributed by atoms with E-state index in [9.17, 15) is 8.42 Å². The number of hydrogen-bond acceptors (Lipinski definition) is 5. The van der Waals surface area contributed by atoms with Crippen molar-refractivity contribution in [3.05, 3.63) is 18.3 Å². The van der Waals surface area contributed by atoms with E-state index in [2.05, 4.69) is 10.3 Å². The van der Waals surface area contributed by atoms with Crippen molar-refractivity contribution in [1.82, 2.24) is 9.29 Å². The molecule has 21 heavy (non-hydrogen) atoms. The van der Waals surface area contributed by atoms with Crippen molar-refractivity contribution < 1.29 is 13.2 Å². The van der Waals surface area contributed by atoms with E-state index in [0.29, 0.717) is 19.0 Å². The molecule has 0 aliphatic heterocycles. The van der Waals surface area contributed by atoms with Crippen LogP contribution in [0.4, 0.5) is 5.82 Å². The fourth-order valence-electron chi connectivity index (χ4n) is 1.89. The number of nitrogens with one attached hydrogen (secondary N) is 1. The van der Waals surface area contributed by atoms with Gasteiger partial charge >= 0.3 is 0 Å². The molecule has 0 saturated heterocycles. The molecule has 0 bridgehead atoms. The molecule has 6 nitrogen and oxygen atoms in total. The van der Waals surface area contributed by atoms with Crippen LogP contribution in [0.15, 0.2) is 23.2 Å². The Bertz CT molecular complexity index is 532. The van der Waals surface area contributed by atoms with Gasteiger partial charge in [-0.15, -0.1) is 0 Å². The average molecular weight is 315 g/mol. The summed E-state index contributed by atoms with van der Waals surface area (Å²) in [6, 6.07) is 2.97. The Kier molecular flexibility index (Phi) is 7.07. The highest BCUT2D eigenvalue weighted by Gasteiger charge is 2.27. The molecule has 1 aromatic rings. The van der Waals surface area contributed by atoms with Gasteiger partial charge in [-0.25, -0.2) is 13.4 Å².